The summed E-state index contributed by atoms with van der Waals surface area (Å²) in [5.41, 5.74) is -0.771. The normalized spacial score (nSPS) is 16.4. The standard InChI is InChI=1S/C12H12FNO3/c1-14(9-4-2-8(13)3-5-9)10(15)12(6-7-12)11(16)17/h2-5H,6-7H2,1H3,(H,16,17). The monoisotopic (exact) mass is 237 g/mol. The van der Waals surface area contributed by atoms with Gasteiger partial charge in [-0.05, 0) is 37.1 Å². The van der Waals surface area contributed by atoms with E-state index in [-0.39, 0.29) is 0 Å². The smallest absolute Gasteiger partial charge is 0.319 e. The molecule has 1 aliphatic rings. The highest BCUT2D eigenvalue weighted by atomic mass is 19.1. The van der Waals surface area contributed by atoms with Gasteiger partial charge in [-0.1, -0.05) is 0 Å². The number of halogens is 1. The fourth-order valence-electron chi connectivity index (χ4n) is 1.75. The van der Waals surface area contributed by atoms with Gasteiger partial charge < -0.3 is 10.0 Å². The predicted molar refractivity (Wildman–Crippen MR) is 59.1 cm³/mol. The number of amides is 1. The van der Waals surface area contributed by atoms with Crippen LogP contribution in [-0.2, 0) is 9.59 Å². The van der Waals surface area contributed by atoms with E-state index in [0.717, 1.165) is 0 Å². The van der Waals surface area contributed by atoms with Crippen molar-refractivity contribution < 1.29 is 19.1 Å². The first-order valence-electron chi connectivity index (χ1n) is 5.24. The number of hydrogen-bond acceptors (Lipinski definition) is 2. The van der Waals surface area contributed by atoms with E-state index in [0.29, 0.717) is 18.5 Å². The highest BCUT2D eigenvalue weighted by molar-refractivity contribution is 6.11. The zero-order chi connectivity index (χ0) is 12.6. The Morgan fingerprint density at radius 2 is 1.82 bits per heavy atom. The highest BCUT2D eigenvalue weighted by Crippen LogP contribution is 2.47. The van der Waals surface area contributed by atoms with Gasteiger partial charge in [0.05, 0.1) is 0 Å². The third kappa shape index (κ3) is 1.88. The number of carboxylic acids is 1. The molecule has 0 aliphatic heterocycles. The van der Waals surface area contributed by atoms with Crippen LogP contribution in [0.15, 0.2) is 24.3 Å². The lowest BCUT2D eigenvalue weighted by atomic mass is 10.1. The van der Waals surface area contributed by atoms with Crippen molar-refractivity contribution in [1.82, 2.24) is 0 Å². The maximum Gasteiger partial charge on any atom is 0.319 e. The number of carboxylic acid groups (broad SMARTS) is 1. The number of carbonyl (C=O) groups excluding carboxylic acids is 1. The molecular formula is C12H12FNO3. The van der Waals surface area contributed by atoms with Crippen LogP contribution < -0.4 is 4.90 Å². The van der Waals surface area contributed by atoms with Gasteiger partial charge in [-0.3, -0.25) is 9.59 Å². The van der Waals surface area contributed by atoms with Gasteiger partial charge in [-0.15, -0.1) is 0 Å². The Hall–Kier alpha value is -1.91. The topological polar surface area (TPSA) is 57.6 Å². The summed E-state index contributed by atoms with van der Waals surface area (Å²) in [6, 6.07) is 5.37. The zero-order valence-electron chi connectivity index (χ0n) is 9.31. The molecule has 1 amide bonds. The molecule has 0 radical (unpaired) electrons. The second kappa shape index (κ2) is 3.84. The maximum atomic E-state index is 12.7. The highest BCUT2D eigenvalue weighted by Gasteiger charge is 2.58. The molecule has 0 heterocycles. The largest absolute Gasteiger partial charge is 0.480 e. The molecule has 0 unspecified atom stereocenters. The van der Waals surface area contributed by atoms with E-state index in [1.807, 2.05) is 0 Å². The quantitative estimate of drug-likeness (QED) is 0.813. The molecule has 5 heteroatoms. The minimum Gasteiger partial charge on any atom is -0.480 e. The van der Waals surface area contributed by atoms with Gasteiger partial charge in [0, 0.05) is 12.7 Å². The SMILES string of the molecule is CN(C(=O)C1(C(=O)O)CC1)c1ccc(F)cc1. The van der Waals surface area contributed by atoms with Gasteiger partial charge in [-0.25, -0.2) is 4.39 Å². The van der Waals surface area contributed by atoms with Crippen molar-refractivity contribution in [2.24, 2.45) is 5.41 Å². The molecule has 1 aliphatic carbocycles. The number of aliphatic carboxylic acids is 1. The molecular weight excluding hydrogens is 225 g/mol. The number of carbonyl (C=O) groups is 2. The Labute approximate surface area is 97.7 Å². The first-order valence-corrected chi connectivity index (χ1v) is 5.24. The number of benzene rings is 1. The molecule has 0 bridgehead atoms. The number of hydrogen-bond donors (Lipinski definition) is 1. The molecule has 1 aromatic rings. The molecule has 1 fully saturated rings. The Bertz CT molecular complexity index is 465. The first-order chi connectivity index (χ1) is 7.97. The van der Waals surface area contributed by atoms with Crippen LogP contribution in [0.2, 0.25) is 0 Å². The van der Waals surface area contributed by atoms with Crippen molar-refractivity contribution in [3.8, 4) is 0 Å². The van der Waals surface area contributed by atoms with Crippen LogP contribution >= 0.6 is 0 Å². The minimum atomic E-state index is -1.26. The third-order valence-electron chi connectivity index (χ3n) is 3.09. The van der Waals surface area contributed by atoms with Crippen molar-refractivity contribution in [2.75, 3.05) is 11.9 Å². The lowest BCUT2D eigenvalue weighted by Gasteiger charge is -2.21. The summed E-state index contributed by atoms with van der Waals surface area (Å²) < 4.78 is 12.7. The van der Waals surface area contributed by atoms with Crippen molar-refractivity contribution in [3.05, 3.63) is 30.1 Å². The molecule has 17 heavy (non-hydrogen) atoms. The van der Waals surface area contributed by atoms with Gasteiger partial charge in [-0.2, -0.15) is 0 Å². The molecule has 0 aromatic heterocycles. The first kappa shape index (κ1) is 11.6. The number of nitrogens with zero attached hydrogens (tertiary/aromatic N) is 1. The minimum absolute atomic E-state index is 0.368. The van der Waals surface area contributed by atoms with Crippen molar-refractivity contribution in [1.29, 1.82) is 0 Å². The number of rotatable bonds is 3. The summed E-state index contributed by atoms with van der Waals surface area (Å²) in [6.07, 6.45) is 0.736. The lowest BCUT2D eigenvalue weighted by molar-refractivity contribution is -0.148. The molecule has 4 nitrogen and oxygen atoms in total. The van der Waals surface area contributed by atoms with Crippen LogP contribution in [0.4, 0.5) is 10.1 Å². The van der Waals surface area contributed by atoms with Crippen molar-refractivity contribution in [2.45, 2.75) is 12.8 Å². The average Bonchev–Trinajstić information content (AvgIpc) is 3.09. The second-order valence-electron chi connectivity index (χ2n) is 4.23. The summed E-state index contributed by atoms with van der Waals surface area (Å²) in [7, 11) is 1.50. The summed E-state index contributed by atoms with van der Waals surface area (Å²) >= 11 is 0. The fraction of sp³-hybridized carbons (Fsp3) is 0.333. The van der Waals surface area contributed by atoms with E-state index in [2.05, 4.69) is 0 Å². The summed E-state index contributed by atoms with van der Waals surface area (Å²) in [4.78, 5) is 24.3. The summed E-state index contributed by atoms with van der Waals surface area (Å²) in [5.74, 6) is -1.93. The summed E-state index contributed by atoms with van der Waals surface area (Å²) in [5, 5.41) is 9.01. The van der Waals surface area contributed by atoms with Gasteiger partial charge >= 0.3 is 5.97 Å². The third-order valence-corrected chi connectivity index (χ3v) is 3.09. The van der Waals surface area contributed by atoms with E-state index >= 15 is 0 Å². The zero-order valence-corrected chi connectivity index (χ0v) is 9.31. The van der Waals surface area contributed by atoms with Crippen LogP contribution in [0, 0.1) is 11.2 Å². The second-order valence-corrected chi connectivity index (χ2v) is 4.23. The van der Waals surface area contributed by atoms with Crippen LogP contribution in [0.25, 0.3) is 0 Å². The number of anilines is 1. The maximum absolute atomic E-state index is 12.7. The molecule has 1 aromatic carbocycles. The van der Waals surface area contributed by atoms with Crippen LogP contribution in [0.3, 0.4) is 0 Å². The van der Waals surface area contributed by atoms with E-state index < -0.39 is 23.1 Å². The van der Waals surface area contributed by atoms with E-state index in [4.69, 9.17) is 5.11 Å². The molecule has 0 spiro atoms. The van der Waals surface area contributed by atoms with Crippen LogP contribution in [0.1, 0.15) is 12.8 Å². The Morgan fingerprint density at radius 1 is 1.29 bits per heavy atom. The van der Waals surface area contributed by atoms with Crippen molar-refractivity contribution >= 4 is 17.6 Å². The van der Waals surface area contributed by atoms with E-state index in [9.17, 15) is 14.0 Å². The Kier molecular flexibility index (Phi) is 2.61. The fourth-order valence-corrected chi connectivity index (χ4v) is 1.75. The molecule has 90 valence electrons. The molecule has 1 saturated carbocycles. The Morgan fingerprint density at radius 3 is 2.24 bits per heavy atom. The van der Waals surface area contributed by atoms with Crippen LogP contribution in [0.5, 0.6) is 0 Å². The van der Waals surface area contributed by atoms with Gasteiger partial charge in [0.25, 0.3) is 0 Å². The lowest BCUT2D eigenvalue weighted by Crippen LogP contribution is -2.38. The Balaban J connectivity index is 2.21. The summed E-state index contributed by atoms with van der Waals surface area (Å²) in [6.45, 7) is 0. The molecule has 2 rings (SSSR count). The van der Waals surface area contributed by atoms with E-state index in [1.54, 1.807) is 0 Å². The van der Waals surface area contributed by atoms with Gasteiger partial charge in [0.15, 0.2) is 0 Å². The van der Waals surface area contributed by atoms with Crippen LogP contribution in [-0.4, -0.2) is 24.0 Å². The predicted octanol–water partition coefficient (Wildman–Crippen LogP) is 1.65. The van der Waals surface area contributed by atoms with Gasteiger partial charge in [0.2, 0.25) is 5.91 Å². The van der Waals surface area contributed by atoms with E-state index in [1.165, 1.54) is 36.2 Å². The average molecular weight is 237 g/mol. The molecule has 0 saturated heterocycles. The molecule has 0 atom stereocenters. The van der Waals surface area contributed by atoms with Crippen molar-refractivity contribution in [3.63, 3.8) is 0 Å². The molecule has 1 N–H and O–H groups in total. The van der Waals surface area contributed by atoms with Gasteiger partial charge in [0.1, 0.15) is 11.2 Å².